The first-order valence-corrected chi connectivity index (χ1v) is 9.31. The summed E-state index contributed by atoms with van der Waals surface area (Å²) in [4.78, 5) is 4.37. The first-order valence-electron chi connectivity index (χ1n) is 8.93. The van der Waals surface area contributed by atoms with Gasteiger partial charge in [-0.25, -0.2) is 9.37 Å². The molecule has 1 N–H and O–H groups in total. The highest BCUT2D eigenvalue weighted by molar-refractivity contribution is 6.30. The van der Waals surface area contributed by atoms with Gasteiger partial charge >= 0.3 is 0 Å². The highest BCUT2D eigenvalue weighted by Crippen LogP contribution is 2.25. The minimum atomic E-state index is -0.254. The van der Waals surface area contributed by atoms with E-state index in [2.05, 4.69) is 10.3 Å². The zero-order valence-corrected chi connectivity index (χ0v) is 15.7. The molecule has 140 valence electrons. The van der Waals surface area contributed by atoms with Crippen molar-refractivity contribution >= 4 is 11.6 Å². The molecule has 4 rings (SSSR count). The minimum Gasteiger partial charge on any atom is -0.439 e. The van der Waals surface area contributed by atoms with E-state index in [9.17, 15) is 4.39 Å². The quantitative estimate of drug-likeness (QED) is 0.436. The maximum absolute atomic E-state index is 13.3. The van der Waals surface area contributed by atoms with Crippen molar-refractivity contribution in [1.29, 1.82) is 0 Å². The molecule has 0 aliphatic rings. The van der Waals surface area contributed by atoms with Gasteiger partial charge in [0.2, 0.25) is 5.89 Å². The Morgan fingerprint density at radius 2 is 1.57 bits per heavy atom. The lowest BCUT2D eigenvalue weighted by Gasteiger charge is -2.19. The predicted molar refractivity (Wildman–Crippen MR) is 108 cm³/mol. The van der Waals surface area contributed by atoms with Gasteiger partial charge in [0.05, 0.1) is 18.8 Å². The summed E-state index contributed by atoms with van der Waals surface area (Å²) in [7, 11) is 0. The standard InChI is InChI=1S/C23H18ClFN2O/c24-19-10-6-16(7-11-19)21-14-26-22(28-21)15-27-23(17-4-2-1-3-5-17)18-8-12-20(25)13-9-18/h1-14,23,27H,15H2. The molecule has 0 saturated heterocycles. The lowest BCUT2D eigenvalue weighted by molar-refractivity contribution is 0.462. The molecule has 0 spiro atoms. The summed E-state index contributed by atoms with van der Waals surface area (Å²) >= 11 is 5.94. The normalized spacial score (nSPS) is 12.1. The molecule has 0 amide bonds. The van der Waals surface area contributed by atoms with Gasteiger partial charge in [0.15, 0.2) is 5.76 Å². The first-order chi connectivity index (χ1) is 13.7. The molecular formula is C23H18ClFN2O. The number of rotatable bonds is 6. The van der Waals surface area contributed by atoms with Crippen LogP contribution >= 0.6 is 11.6 Å². The van der Waals surface area contributed by atoms with Crippen LogP contribution in [-0.4, -0.2) is 4.98 Å². The largest absolute Gasteiger partial charge is 0.439 e. The van der Waals surface area contributed by atoms with Crippen molar-refractivity contribution in [3.05, 3.63) is 113 Å². The number of oxazole rings is 1. The van der Waals surface area contributed by atoms with E-state index in [1.807, 2.05) is 54.6 Å². The van der Waals surface area contributed by atoms with Crippen molar-refractivity contribution in [1.82, 2.24) is 10.3 Å². The SMILES string of the molecule is Fc1ccc(C(NCc2ncc(-c3ccc(Cl)cc3)o2)c2ccccc2)cc1. The molecule has 0 aliphatic carbocycles. The Labute approximate surface area is 167 Å². The fourth-order valence-electron chi connectivity index (χ4n) is 3.06. The smallest absolute Gasteiger partial charge is 0.208 e. The third-order valence-electron chi connectivity index (χ3n) is 4.48. The number of halogens is 2. The number of nitrogens with one attached hydrogen (secondary N) is 1. The van der Waals surface area contributed by atoms with Crippen LogP contribution in [0, 0.1) is 5.82 Å². The summed E-state index contributed by atoms with van der Waals surface area (Å²) in [6.45, 7) is 0.435. The van der Waals surface area contributed by atoms with Crippen LogP contribution in [0.15, 0.2) is 89.5 Å². The van der Waals surface area contributed by atoms with E-state index in [-0.39, 0.29) is 11.9 Å². The monoisotopic (exact) mass is 392 g/mol. The summed E-state index contributed by atoms with van der Waals surface area (Å²) in [6, 6.07) is 23.8. The molecule has 1 atom stereocenters. The number of benzene rings is 3. The number of aromatic nitrogens is 1. The van der Waals surface area contributed by atoms with Gasteiger partial charge in [-0.3, -0.25) is 5.32 Å². The summed E-state index contributed by atoms with van der Waals surface area (Å²) in [5, 5.41) is 4.14. The van der Waals surface area contributed by atoms with E-state index < -0.39 is 0 Å². The Balaban J connectivity index is 1.53. The van der Waals surface area contributed by atoms with E-state index in [1.165, 1.54) is 12.1 Å². The van der Waals surface area contributed by atoms with Crippen molar-refractivity contribution in [3.8, 4) is 11.3 Å². The average molecular weight is 393 g/mol. The molecule has 1 unspecified atom stereocenters. The molecule has 0 fully saturated rings. The second-order valence-corrected chi connectivity index (χ2v) is 6.84. The molecule has 0 saturated carbocycles. The van der Waals surface area contributed by atoms with Gasteiger partial charge in [0.25, 0.3) is 0 Å². The van der Waals surface area contributed by atoms with Gasteiger partial charge in [-0.1, -0.05) is 54.1 Å². The molecule has 4 aromatic rings. The van der Waals surface area contributed by atoms with Crippen LogP contribution in [0.1, 0.15) is 23.1 Å². The highest BCUT2D eigenvalue weighted by atomic mass is 35.5. The zero-order chi connectivity index (χ0) is 19.3. The molecule has 0 aliphatic heterocycles. The summed E-state index contributed by atoms with van der Waals surface area (Å²) < 4.78 is 19.2. The average Bonchev–Trinajstić information content (AvgIpc) is 3.20. The first kappa shape index (κ1) is 18.4. The zero-order valence-electron chi connectivity index (χ0n) is 15.0. The van der Waals surface area contributed by atoms with Gasteiger partial charge in [0, 0.05) is 10.6 Å². The van der Waals surface area contributed by atoms with Gasteiger partial charge < -0.3 is 4.42 Å². The number of hydrogen-bond acceptors (Lipinski definition) is 3. The van der Waals surface area contributed by atoms with Crippen LogP contribution in [0.5, 0.6) is 0 Å². The van der Waals surface area contributed by atoms with Crippen molar-refractivity contribution in [2.45, 2.75) is 12.6 Å². The summed E-state index contributed by atoms with van der Waals surface area (Å²) in [5.41, 5.74) is 2.97. The molecule has 3 aromatic carbocycles. The highest BCUT2D eigenvalue weighted by Gasteiger charge is 2.15. The number of hydrogen-bond donors (Lipinski definition) is 1. The third kappa shape index (κ3) is 4.30. The molecule has 3 nitrogen and oxygen atoms in total. The Morgan fingerprint density at radius 3 is 2.29 bits per heavy atom. The van der Waals surface area contributed by atoms with Gasteiger partial charge in [-0.15, -0.1) is 0 Å². The van der Waals surface area contributed by atoms with Crippen LogP contribution < -0.4 is 5.32 Å². The van der Waals surface area contributed by atoms with E-state index >= 15 is 0 Å². The maximum atomic E-state index is 13.3. The third-order valence-corrected chi connectivity index (χ3v) is 4.73. The Bertz CT molecular complexity index is 1030. The van der Waals surface area contributed by atoms with E-state index in [4.69, 9.17) is 16.0 Å². The van der Waals surface area contributed by atoms with Gasteiger partial charge in [-0.2, -0.15) is 0 Å². The summed E-state index contributed by atoms with van der Waals surface area (Å²) in [6.07, 6.45) is 1.70. The van der Waals surface area contributed by atoms with Crippen LogP contribution in [0.3, 0.4) is 0 Å². The molecule has 5 heteroatoms. The predicted octanol–water partition coefficient (Wildman–Crippen LogP) is 6.01. The minimum absolute atomic E-state index is 0.104. The van der Waals surface area contributed by atoms with Crippen LogP contribution in [0.2, 0.25) is 5.02 Å². The van der Waals surface area contributed by atoms with Crippen LogP contribution in [-0.2, 0) is 6.54 Å². The van der Waals surface area contributed by atoms with Crippen molar-refractivity contribution in [3.63, 3.8) is 0 Å². The van der Waals surface area contributed by atoms with Crippen LogP contribution in [0.25, 0.3) is 11.3 Å². The molecule has 28 heavy (non-hydrogen) atoms. The molecule has 0 bridgehead atoms. The molecule has 0 radical (unpaired) electrons. The van der Waals surface area contributed by atoms with Crippen molar-refractivity contribution in [2.24, 2.45) is 0 Å². The fourth-order valence-corrected chi connectivity index (χ4v) is 3.18. The number of nitrogens with zero attached hydrogens (tertiary/aromatic N) is 1. The van der Waals surface area contributed by atoms with Gasteiger partial charge in [-0.05, 0) is 47.5 Å². The maximum Gasteiger partial charge on any atom is 0.208 e. The van der Waals surface area contributed by atoms with Crippen molar-refractivity contribution in [2.75, 3.05) is 0 Å². The molecule has 1 heterocycles. The Morgan fingerprint density at radius 1 is 0.893 bits per heavy atom. The van der Waals surface area contributed by atoms with Gasteiger partial charge in [0.1, 0.15) is 5.82 Å². The lowest BCUT2D eigenvalue weighted by atomic mass is 9.99. The topological polar surface area (TPSA) is 38.1 Å². The lowest BCUT2D eigenvalue weighted by Crippen LogP contribution is -2.22. The Hall–Kier alpha value is -2.95. The van der Waals surface area contributed by atoms with E-state index in [0.29, 0.717) is 23.2 Å². The van der Waals surface area contributed by atoms with E-state index in [1.54, 1.807) is 18.3 Å². The Kier molecular flexibility index (Phi) is 5.51. The molecular weight excluding hydrogens is 375 g/mol. The van der Waals surface area contributed by atoms with E-state index in [0.717, 1.165) is 16.7 Å². The van der Waals surface area contributed by atoms with Crippen molar-refractivity contribution < 1.29 is 8.81 Å². The fraction of sp³-hybridized carbons (Fsp3) is 0.0870. The van der Waals surface area contributed by atoms with Crippen LogP contribution in [0.4, 0.5) is 4.39 Å². The molecule has 1 aromatic heterocycles. The second-order valence-electron chi connectivity index (χ2n) is 6.40. The summed E-state index contributed by atoms with van der Waals surface area (Å²) in [5.74, 6) is 1.01. The second kappa shape index (κ2) is 8.38.